The molecule has 2 amide bonds. The Morgan fingerprint density at radius 1 is 1.33 bits per heavy atom. The second-order valence-corrected chi connectivity index (χ2v) is 6.25. The summed E-state index contributed by atoms with van der Waals surface area (Å²) in [5, 5.41) is 6.03. The van der Waals surface area contributed by atoms with E-state index in [1.807, 2.05) is 0 Å². The van der Waals surface area contributed by atoms with Crippen LogP contribution in [0.2, 0.25) is 0 Å². The van der Waals surface area contributed by atoms with Crippen molar-refractivity contribution < 1.29 is 9.59 Å². The monoisotopic (exact) mass is 335 g/mol. The SMILES string of the molecule is Cn1c(=O)[nH]cc(CC(=O)N2CCNC[C@@H]2C(=O)NC2CC2)c1=O. The highest BCUT2D eigenvalue weighted by atomic mass is 16.2. The third-order valence-corrected chi connectivity index (χ3v) is 4.39. The van der Waals surface area contributed by atoms with Crippen molar-refractivity contribution in [3.63, 3.8) is 0 Å². The van der Waals surface area contributed by atoms with Crippen molar-refractivity contribution >= 4 is 11.8 Å². The number of hydrogen-bond acceptors (Lipinski definition) is 5. The van der Waals surface area contributed by atoms with Gasteiger partial charge < -0.3 is 20.5 Å². The Morgan fingerprint density at radius 3 is 2.79 bits per heavy atom. The van der Waals surface area contributed by atoms with Gasteiger partial charge in [-0.05, 0) is 12.8 Å². The molecular formula is C15H21N5O4. The van der Waals surface area contributed by atoms with Gasteiger partial charge in [0.05, 0.1) is 6.42 Å². The van der Waals surface area contributed by atoms with E-state index in [-0.39, 0.29) is 29.8 Å². The predicted molar refractivity (Wildman–Crippen MR) is 85.5 cm³/mol. The summed E-state index contributed by atoms with van der Waals surface area (Å²) in [5.41, 5.74) is -0.816. The van der Waals surface area contributed by atoms with Crippen molar-refractivity contribution in [1.29, 1.82) is 0 Å². The standard InChI is InChI=1S/C15H21N5O4/c1-19-14(23)9(7-17-15(19)24)6-12(21)20-5-4-16-8-11(20)13(22)18-10-2-3-10/h7,10-11,16H,2-6,8H2,1H3,(H,17,24)(H,18,22)/t11-/m1/s1. The number of hydrogen-bond donors (Lipinski definition) is 3. The minimum Gasteiger partial charge on any atom is -0.352 e. The van der Waals surface area contributed by atoms with E-state index >= 15 is 0 Å². The van der Waals surface area contributed by atoms with Gasteiger partial charge in [-0.3, -0.25) is 19.0 Å². The lowest BCUT2D eigenvalue weighted by Gasteiger charge is -2.35. The maximum absolute atomic E-state index is 12.6. The highest BCUT2D eigenvalue weighted by Gasteiger charge is 2.35. The van der Waals surface area contributed by atoms with Gasteiger partial charge in [0, 0.05) is 44.5 Å². The zero-order valence-electron chi connectivity index (χ0n) is 13.5. The smallest absolute Gasteiger partial charge is 0.328 e. The minimum absolute atomic E-state index is 0.142. The fourth-order valence-corrected chi connectivity index (χ4v) is 2.77. The Labute approximate surface area is 138 Å². The number of carbonyl (C=O) groups excluding carboxylic acids is 2. The second kappa shape index (κ2) is 6.60. The first-order valence-corrected chi connectivity index (χ1v) is 8.05. The normalized spacial score (nSPS) is 20.7. The molecule has 1 saturated heterocycles. The summed E-state index contributed by atoms with van der Waals surface area (Å²) in [4.78, 5) is 52.3. The Morgan fingerprint density at radius 2 is 2.08 bits per heavy atom. The molecule has 0 unspecified atom stereocenters. The largest absolute Gasteiger partial charge is 0.352 e. The number of nitrogens with one attached hydrogen (secondary N) is 3. The lowest BCUT2D eigenvalue weighted by molar-refractivity contribution is -0.141. The van der Waals surface area contributed by atoms with Gasteiger partial charge in [-0.15, -0.1) is 0 Å². The van der Waals surface area contributed by atoms with Gasteiger partial charge in [0.25, 0.3) is 5.56 Å². The second-order valence-electron chi connectivity index (χ2n) is 6.25. The van der Waals surface area contributed by atoms with E-state index in [1.54, 1.807) is 0 Å². The maximum atomic E-state index is 12.6. The lowest BCUT2D eigenvalue weighted by atomic mass is 10.1. The number of rotatable bonds is 4. The summed E-state index contributed by atoms with van der Waals surface area (Å²) in [5.74, 6) is -0.455. The molecule has 9 nitrogen and oxygen atoms in total. The summed E-state index contributed by atoms with van der Waals surface area (Å²) in [6.07, 6.45) is 3.08. The average Bonchev–Trinajstić information content (AvgIpc) is 3.39. The molecule has 1 aromatic rings. The highest BCUT2D eigenvalue weighted by Crippen LogP contribution is 2.19. The average molecular weight is 335 g/mol. The van der Waals surface area contributed by atoms with E-state index in [4.69, 9.17) is 0 Å². The third kappa shape index (κ3) is 3.40. The van der Waals surface area contributed by atoms with Crippen molar-refractivity contribution in [2.24, 2.45) is 7.05 Å². The molecule has 2 fully saturated rings. The fraction of sp³-hybridized carbons (Fsp3) is 0.600. The first kappa shape index (κ1) is 16.4. The summed E-state index contributed by atoms with van der Waals surface area (Å²) in [7, 11) is 1.35. The Kier molecular flexibility index (Phi) is 4.52. The van der Waals surface area contributed by atoms with E-state index in [9.17, 15) is 19.2 Å². The first-order valence-electron chi connectivity index (χ1n) is 8.05. The molecule has 24 heavy (non-hydrogen) atoms. The van der Waals surface area contributed by atoms with Crippen LogP contribution in [0.1, 0.15) is 18.4 Å². The van der Waals surface area contributed by atoms with Gasteiger partial charge in [-0.25, -0.2) is 4.79 Å². The molecule has 3 N–H and O–H groups in total. The molecule has 1 aliphatic carbocycles. The lowest BCUT2D eigenvalue weighted by Crippen LogP contribution is -2.60. The molecule has 2 heterocycles. The van der Waals surface area contributed by atoms with Crippen LogP contribution in [-0.2, 0) is 23.1 Å². The number of H-pyrrole nitrogens is 1. The molecule has 2 aliphatic rings. The molecule has 0 radical (unpaired) electrons. The Hall–Kier alpha value is -2.42. The molecule has 0 bridgehead atoms. The van der Waals surface area contributed by atoms with Crippen LogP contribution in [0, 0.1) is 0 Å². The molecule has 9 heteroatoms. The Balaban J connectivity index is 1.74. The van der Waals surface area contributed by atoms with Gasteiger partial charge >= 0.3 is 5.69 Å². The van der Waals surface area contributed by atoms with Crippen molar-refractivity contribution in [3.05, 3.63) is 32.6 Å². The van der Waals surface area contributed by atoms with Crippen LogP contribution in [0.4, 0.5) is 0 Å². The third-order valence-electron chi connectivity index (χ3n) is 4.39. The number of amides is 2. The van der Waals surface area contributed by atoms with Gasteiger partial charge in [0.2, 0.25) is 11.8 Å². The zero-order chi connectivity index (χ0) is 17.3. The molecule has 1 aliphatic heterocycles. The van der Waals surface area contributed by atoms with Crippen LogP contribution in [0.25, 0.3) is 0 Å². The van der Waals surface area contributed by atoms with Gasteiger partial charge in [0.15, 0.2) is 0 Å². The van der Waals surface area contributed by atoms with E-state index in [0.29, 0.717) is 19.6 Å². The van der Waals surface area contributed by atoms with Gasteiger partial charge in [0.1, 0.15) is 6.04 Å². The topological polar surface area (TPSA) is 116 Å². The summed E-state index contributed by atoms with van der Waals surface area (Å²) < 4.78 is 0.928. The van der Waals surface area contributed by atoms with Crippen LogP contribution in [0.5, 0.6) is 0 Å². The maximum Gasteiger partial charge on any atom is 0.328 e. The van der Waals surface area contributed by atoms with E-state index in [1.165, 1.54) is 18.1 Å². The summed E-state index contributed by atoms with van der Waals surface area (Å²) in [6.45, 7) is 1.40. The Bertz CT molecular complexity index is 764. The number of piperazine rings is 1. The number of aromatic amines is 1. The summed E-state index contributed by atoms with van der Waals surface area (Å²) in [6, 6.07) is -0.346. The van der Waals surface area contributed by atoms with E-state index < -0.39 is 17.3 Å². The van der Waals surface area contributed by atoms with Crippen molar-refractivity contribution in [2.45, 2.75) is 31.3 Å². The molecule has 0 aromatic carbocycles. The van der Waals surface area contributed by atoms with Crippen molar-refractivity contribution in [1.82, 2.24) is 25.1 Å². The van der Waals surface area contributed by atoms with E-state index in [0.717, 1.165) is 17.4 Å². The highest BCUT2D eigenvalue weighted by molar-refractivity contribution is 5.89. The van der Waals surface area contributed by atoms with Crippen molar-refractivity contribution in [3.8, 4) is 0 Å². The van der Waals surface area contributed by atoms with Crippen molar-refractivity contribution in [2.75, 3.05) is 19.6 Å². The minimum atomic E-state index is -0.571. The van der Waals surface area contributed by atoms with Crippen LogP contribution in [0.3, 0.4) is 0 Å². The van der Waals surface area contributed by atoms with Gasteiger partial charge in [-0.1, -0.05) is 0 Å². The van der Waals surface area contributed by atoms with Crippen LogP contribution in [-0.4, -0.2) is 58.0 Å². The fourth-order valence-electron chi connectivity index (χ4n) is 2.77. The molecular weight excluding hydrogens is 314 g/mol. The van der Waals surface area contributed by atoms with Crippen LogP contribution >= 0.6 is 0 Å². The van der Waals surface area contributed by atoms with Gasteiger partial charge in [-0.2, -0.15) is 0 Å². The number of nitrogens with zero attached hydrogens (tertiary/aromatic N) is 2. The molecule has 1 saturated carbocycles. The summed E-state index contributed by atoms with van der Waals surface area (Å²) >= 11 is 0. The number of aromatic nitrogens is 2. The molecule has 1 aromatic heterocycles. The predicted octanol–water partition coefficient (Wildman–Crippen LogP) is -2.30. The van der Waals surface area contributed by atoms with E-state index in [2.05, 4.69) is 15.6 Å². The molecule has 1 atom stereocenters. The quantitative estimate of drug-likeness (QED) is 0.572. The first-order chi connectivity index (χ1) is 11.5. The number of carbonyl (C=O) groups is 2. The van der Waals surface area contributed by atoms with Crippen LogP contribution < -0.4 is 21.9 Å². The van der Waals surface area contributed by atoms with Crippen LogP contribution in [0.15, 0.2) is 15.8 Å². The molecule has 3 rings (SSSR count). The molecule has 130 valence electrons. The zero-order valence-corrected chi connectivity index (χ0v) is 13.5. The molecule has 0 spiro atoms.